The van der Waals surface area contributed by atoms with Gasteiger partial charge in [0.25, 0.3) is 0 Å². The fourth-order valence-corrected chi connectivity index (χ4v) is 1.92. The van der Waals surface area contributed by atoms with E-state index in [1.807, 2.05) is 13.8 Å². The maximum Gasteiger partial charge on any atom is 0.149 e. The van der Waals surface area contributed by atoms with Gasteiger partial charge in [-0.3, -0.25) is 0 Å². The Morgan fingerprint density at radius 3 is 2.28 bits per heavy atom. The van der Waals surface area contributed by atoms with Crippen LogP contribution in [-0.2, 0) is 10.1 Å². The maximum atomic E-state index is 13.8. The first-order valence-corrected chi connectivity index (χ1v) is 6.94. The second kappa shape index (κ2) is 7.04. The zero-order valence-corrected chi connectivity index (χ0v) is 12.4. The lowest BCUT2D eigenvalue weighted by molar-refractivity contribution is 0.0845. The average molecular weight is 322 g/mol. The first-order valence-electron chi connectivity index (χ1n) is 5.82. The zero-order valence-electron chi connectivity index (χ0n) is 10.8. The normalized spacial score (nSPS) is 11.1. The molecule has 0 aliphatic carbocycles. The Hall–Kier alpha value is -0.680. The van der Waals surface area contributed by atoms with Crippen molar-refractivity contribution in [2.24, 2.45) is 0 Å². The number of hydrogen-bond donors (Lipinski definition) is 0. The summed E-state index contributed by atoms with van der Waals surface area (Å²) in [5.41, 5.74) is 0.577. The highest BCUT2D eigenvalue weighted by atomic mass is 79.9. The second-order valence-electron chi connectivity index (χ2n) is 4.38. The van der Waals surface area contributed by atoms with Gasteiger partial charge in [-0.2, -0.15) is 0 Å². The minimum atomic E-state index is -0.545. The van der Waals surface area contributed by atoms with Crippen LogP contribution >= 0.6 is 15.9 Å². The van der Waals surface area contributed by atoms with E-state index in [9.17, 15) is 8.78 Å². The molecule has 1 aromatic carbocycles. The lowest BCUT2D eigenvalue weighted by Gasteiger charge is -2.21. The van der Waals surface area contributed by atoms with Crippen LogP contribution in [0.15, 0.2) is 12.1 Å². The molecule has 0 saturated carbocycles. The van der Waals surface area contributed by atoms with Gasteiger partial charge in [0.05, 0.1) is 12.7 Å². The predicted molar refractivity (Wildman–Crippen MR) is 73.3 cm³/mol. The van der Waals surface area contributed by atoms with E-state index in [-0.39, 0.29) is 11.8 Å². The Kier molecular flexibility index (Phi) is 6.02. The number of halogens is 3. The Bertz CT molecular complexity index is 376. The molecule has 5 heteroatoms. The molecule has 0 aliphatic heterocycles. The van der Waals surface area contributed by atoms with Gasteiger partial charge < -0.3 is 9.64 Å². The van der Waals surface area contributed by atoms with Crippen molar-refractivity contribution in [3.63, 3.8) is 0 Å². The van der Waals surface area contributed by atoms with Crippen molar-refractivity contribution in [2.75, 3.05) is 25.1 Å². The van der Waals surface area contributed by atoms with Crippen LogP contribution in [0.3, 0.4) is 0 Å². The summed E-state index contributed by atoms with van der Waals surface area (Å²) in [5.74, 6) is -1.09. The van der Waals surface area contributed by atoms with Crippen molar-refractivity contribution in [3.05, 3.63) is 29.3 Å². The molecule has 0 N–H and O–H groups in total. The van der Waals surface area contributed by atoms with Gasteiger partial charge in [-0.05, 0) is 31.5 Å². The predicted octanol–water partition coefficient (Wildman–Crippen LogP) is 3.72. The summed E-state index contributed by atoms with van der Waals surface area (Å²) >= 11 is 3.18. The molecular formula is C13H18BrF2NO. The van der Waals surface area contributed by atoms with Gasteiger partial charge in [0.2, 0.25) is 0 Å². The zero-order chi connectivity index (χ0) is 13.7. The summed E-state index contributed by atoms with van der Waals surface area (Å²) in [6.07, 6.45) is 0.115. The molecule has 0 saturated heterocycles. The molecule has 2 nitrogen and oxygen atoms in total. The van der Waals surface area contributed by atoms with Gasteiger partial charge in [0, 0.05) is 18.9 Å². The van der Waals surface area contributed by atoms with E-state index in [0.29, 0.717) is 24.0 Å². The molecule has 0 spiro atoms. The van der Waals surface area contributed by atoms with Crippen LogP contribution in [0.2, 0.25) is 0 Å². The van der Waals surface area contributed by atoms with E-state index in [1.54, 1.807) is 7.05 Å². The lowest BCUT2D eigenvalue weighted by atomic mass is 10.2. The number of likely N-dealkylation sites (N-methyl/N-ethyl adjacent to an activating group) is 1. The van der Waals surface area contributed by atoms with Crippen LogP contribution in [0.25, 0.3) is 0 Å². The lowest BCUT2D eigenvalue weighted by Crippen LogP contribution is -2.25. The second-order valence-corrected chi connectivity index (χ2v) is 4.94. The molecule has 0 amide bonds. The topological polar surface area (TPSA) is 12.5 Å². The number of rotatable bonds is 6. The van der Waals surface area contributed by atoms with Gasteiger partial charge in [-0.25, -0.2) is 8.78 Å². The summed E-state index contributed by atoms with van der Waals surface area (Å²) in [6.45, 7) is 4.73. The summed E-state index contributed by atoms with van der Waals surface area (Å²) < 4.78 is 32.9. The number of alkyl halides is 1. The number of anilines is 1. The molecular weight excluding hydrogens is 304 g/mol. The third-order valence-corrected chi connectivity index (χ3v) is 3.14. The van der Waals surface area contributed by atoms with Crippen LogP contribution in [0, 0.1) is 11.6 Å². The molecule has 0 bridgehead atoms. The molecule has 0 atom stereocenters. The van der Waals surface area contributed by atoms with Gasteiger partial charge in [0.1, 0.15) is 17.3 Å². The summed E-state index contributed by atoms with van der Waals surface area (Å²) in [5, 5.41) is 0.432. The van der Waals surface area contributed by atoms with Crippen molar-refractivity contribution < 1.29 is 13.5 Å². The number of ether oxygens (including phenoxy) is 1. The molecule has 102 valence electrons. The van der Waals surface area contributed by atoms with Crippen molar-refractivity contribution in [1.29, 1.82) is 0 Å². The molecule has 0 heterocycles. The van der Waals surface area contributed by atoms with Gasteiger partial charge in [0.15, 0.2) is 0 Å². The van der Waals surface area contributed by atoms with E-state index in [0.717, 1.165) is 0 Å². The summed E-state index contributed by atoms with van der Waals surface area (Å²) in [7, 11) is 1.65. The highest BCUT2D eigenvalue weighted by Gasteiger charge is 2.15. The molecule has 0 aromatic heterocycles. The Labute approximate surface area is 115 Å². The average Bonchev–Trinajstić information content (AvgIpc) is 2.27. The Morgan fingerprint density at radius 2 is 1.83 bits per heavy atom. The van der Waals surface area contributed by atoms with Crippen molar-refractivity contribution in [3.8, 4) is 0 Å². The Morgan fingerprint density at radius 1 is 1.28 bits per heavy atom. The smallest absolute Gasteiger partial charge is 0.149 e. The minimum absolute atomic E-state index is 0.00736. The van der Waals surface area contributed by atoms with Crippen LogP contribution in [0.1, 0.15) is 19.4 Å². The fraction of sp³-hybridized carbons (Fsp3) is 0.538. The van der Waals surface area contributed by atoms with E-state index < -0.39 is 11.6 Å². The van der Waals surface area contributed by atoms with Crippen molar-refractivity contribution >= 4 is 21.6 Å². The molecule has 0 aliphatic rings. The highest BCUT2D eigenvalue weighted by Crippen LogP contribution is 2.24. The number of benzene rings is 1. The molecule has 1 aromatic rings. The van der Waals surface area contributed by atoms with Crippen molar-refractivity contribution in [2.45, 2.75) is 25.3 Å². The Balaban J connectivity index is 2.76. The standard InChI is InChI=1S/C13H18BrF2NO/c1-9(2)18-5-4-17(3)13-11(15)6-10(8-14)7-12(13)16/h6-7,9H,4-5,8H2,1-3H3. The van der Waals surface area contributed by atoms with Gasteiger partial charge >= 0.3 is 0 Å². The first-order chi connectivity index (χ1) is 8.45. The van der Waals surface area contributed by atoms with E-state index in [1.165, 1.54) is 17.0 Å². The van der Waals surface area contributed by atoms with Gasteiger partial charge in [-0.1, -0.05) is 15.9 Å². The highest BCUT2D eigenvalue weighted by molar-refractivity contribution is 9.08. The molecule has 0 radical (unpaired) electrons. The van der Waals surface area contributed by atoms with E-state index in [2.05, 4.69) is 15.9 Å². The summed E-state index contributed by atoms with van der Waals surface area (Å²) in [6, 6.07) is 2.68. The third-order valence-electron chi connectivity index (χ3n) is 2.49. The van der Waals surface area contributed by atoms with Crippen LogP contribution in [-0.4, -0.2) is 26.3 Å². The van der Waals surface area contributed by atoms with Crippen LogP contribution in [0.5, 0.6) is 0 Å². The van der Waals surface area contributed by atoms with E-state index >= 15 is 0 Å². The SMILES string of the molecule is CC(C)OCCN(C)c1c(F)cc(CBr)cc1F. The first kappa shape index (κ1) is 15.4. The molecule has 18 heavy (non-hydrogen) atoms. The fourth-order valence-electron chi connectivity index (χ4n) is 1.60. The quantitative estimate of drug-likeness (QED) is 0.740. The molecule has 0 unspecified atom stereocenters. The minimum Gasteiger partial charge on any atom is -0.377 e. The number of hydrogen-bond acceptors (Lipinski definition) is 2. The largest absolute Gasteiger partial charge is 0.377 e. The monoisotopic (exact) mass is 321 g/mol. The maximum absolute atomic E-state index is 13.8. The number of nitrogens with zero attached hydrogens (tertiary/aromatic N) is 1. The van der Waals surface area contributed by atoms with Crippen LogP contribution < -0.4 is 4.90 Å². The molecule has 1 rings (SSSR count). The van der Waals surface area contributed by atoms with Gasteiger partial charge in [-0.15, -0.1) is 0 Å². The van der Waals surface area contributed by atoms with Crippen molar-refractivity contribution in [1.82, 2.24) is 0 Å². The molecule has 0 fully saturated rings. The summed E-state index contributed by atoms with van der Waals surface area (Å²) in [4.78, 5) is 1.53. The van der Waals surface area contributed by atoms with Crippen LogP contribution in [0.4, 0.5) is 14.5 Å². The third kappa shape index (κ3) is 4.21. The van der Waals surface area contributed by atoms with E-state index in [4.69, 9.17) is 4.74 Å².